The van der Waals surface area contributed by atoms with Crippen LogP contribution in [-0.4, -0.2) is 48.3 Å². The fourth-order valence-corrected chi connectivity index (χ4v) is 3.55. The number of halogens is 1. The third kappa shape index (κ3) is 3.03. The fourth-order valence-electron chi connectivity index (χ4n) is 3.42. The number of nitrogens with one attached hydrogen (secondary N) is 1. The highest BCUT2D eigenvalue weighted by atomic mass is 35.5. The number of hydrogen-bond donors (Lipinski definition) is 4. The van der Waals surface area contributed by atoms with Crippen molar-refractivity contribution in [3.63, 3.8) is 0 Å². The van der Waals surface area contributed by atoms with Gasteiger partial charge in [-0.3, -0.25) is 0 Å². The Hall–Kier alpha value is -2.30. The SMILES string of the molecule is CC(c1ccc(Cl)cc1)[C@H]1O[C@@H](n2ncc3c(NN)ncnc32)[C@H](O)[C@@H]1O. The van der Waals surface area contributed by atoms with Crippen LogP contribution in [0.15, 0.2) is 36.8 Å². The molecule has 9 nitrogen and oxygen atoms in total. The van der Waals surface area contributed by atoms with E-state index < -0.39 is 24.5 Å². The van der Waals surface area contributed by atoms with Gasteiger partial charge in [0.1, 0.15) is 18.5 Å². The Bertz CT molecular complexity index is 949. The lowest BCUT2D eigenvalue weighted by Gasteiger charge is -2.22. The molecule has 3 aromatic rings. The molecule has 0 spiro atoms. The number of nitrogens with two attached hydrogens (primary N) is 1. The number of aromatic nitrogens is 4. The maximum absolute atomic E-state index is 10.6. The predicted octanol–water partition coefficient (Wildman–Crippen LogP) is 1.19. The van der Waals surface area contributed by atoms with E-state index in [1.54, 1.807) is 12.1 Å². The summed E-state index contributed by atoms with van der Waals surface area (Å²) in [7, 11) is 0. The number of aliphatic hydroxyl groups excluding tert-OH is 2. The Morgan fingerprint density at radius 1 is 1.22 bits per heavy atom. The highest BCUT2D eigenvalue weighted by molar-refractivity contribution is 6.30. The number of hydrogen-bond acceptors (Lipinski definition) is 8. The summed E-state index contributed by atoms with van der Waals surface area (Å²) in [6.07, 6.45) is -0.910. The molecule has 1 aliphatic heterocycles. The minimum atomic E-state index is -1.17. The van der Waals surface area contributed by atoms with Crippen molar-refractivity contribution in [3.05, 3.63) is 47.4 Å². The van der Waals surface area contributed by atoms with Crippen LogP contribution in [-0.2, 0) is 4.74 Å². The summed E-state index contributed by atoms with van der Waals surface area (Å²) in [5.41, 5.74) is 3.86. The molecule has 0 amide bonds. The van der Waals surface area contributed by atoms with Gasteiger partial charge in [0.15, 0.2) is 17.7 Å². The molecule has 1 saturated heterocycles. The second-order valence-electron chi connectivity index (χ2n) is 6.51. The number of ether oxygens (including phenoxy) is 1. The van der Waals surface area contributed by atoms with Crippen LogP contribution in [0.2, 0.25) is 5.02 Å². The van der Waals surface area contributed by atoms with E-state index in [1.165, 1.54) is 17.2 Å². The molecule has 5 N–H and O–H groups in total. The first-order chi connectivity index (χ1) is 13.0. The summed E-state index contributed by atoms with van der Waals surface area (Å²) in [6, 6.07) is 7.31. The van der Waals surface area contributed by atoms with E-state index in [-0.39, 0.29) is 5.92 Å². The van der Waals surface area contributed by atoms with Crippen molar-refractivity contribution in [2.24, 2.45) is 5.84 Å². The van der Waals surface area contributed by atoms with E-state index in [1.807, 2.05) is 19.1 Å². The minimum absolute atomic E-state index is 0.172. The number of benzene rings is 1. The number of aliphatic hydroxyl groups is 2. The van der Waals surface area contributed by atoms with Crippen LogP contribution < -0.4 is 11.3 Å². The van der Waals surface area contributed by atoms with E-state index >= 15 is 0 Å². The quantitative estimate of drug-likeness (QED) is 0.386. The molecule has 142 valence electrons. The number of nitrogens with zero attached hydrogens (tertiary/aromatic N) is 4. The van der Waals surface area contributed by atoms with Gasteiger partial charge in [0.2, 0.25) is 0 Å². The monoisotopic (exact) mass is 390 g/mol. The fraction of sp³-hybridized carbons (Fsp3) is 0.353. The Balaban J connectivity index is 1.65. The van der Waals surface area contributed by atoms with Crippen LogP contribution in [0.4, 0.5) is 5.82 Å². The van der Waals surface area contributed by atoms with Crippen molar-refractivity contribution in [3.8, 4) is 0 Å². The van der Waals surface area contributed by atoms with Gasteiger partial charge >= 0.3 is 0 Å². The van der Waals surface area contributed by atoms with Gasteiger partial charge in [0, 0.05) is 10.9 Å². The van der Waals surface area contributed by atoms with Crippen molar-refractivity contribution in [2.75, 3.05) is 5.43 Å². The maximum atomic E-state index is 10.6. The highest BCUT2D eigenvalue weighted by Crippen LogP contribution is 2.38. The van der Waals surface area contributed by atoms with E-state index in [0.29, 0.717) is 21.9 Å². The van der Waals surface area contributed by atoms with E-state index in [9.17, 15) is 10.2 Å². The first kappa shape index (κ1) is 18.1. The molecular weight excluding hydrogens is 372 g/mol. The molecule has 0 bridgehead atoms. The molecule has 5 atom stereocenters. The average Bonchev–Trinajstić information content (AvgIpc) is 3.23. The first-order valence-corrected chi connectivity index (χ1v) is 8.81. The maximum Gasteiger partial charge on any atom is 0.181 e. The number of fused-ring (bicyclic) bond motifs is 1. The molecule has 4 rings (SSSR count). The topological polar surface area (TPSA) is 131 Å². The van der Waals surface area contributed by atoms with Crippen molar-refractivity contribution in [1.82, 2.24) is 19.7 Å². The van der Waals surface area contributed by atoms with Gasteiger partial charge in [0.25, 0.3) is 0 Å². The third-order valence-electron chi connectivity index (χ3n) is 4.93. The van der Waals surface area contributed by atoms with E-state index in [2.05, 4.69) is 20.5 Å². The lowest BCUT2D eigenvalue weighted by atomic mass is 9.91. The molecule has 1 aromatic carbocycles. The second-order valence-corrected chi connectivity index (χ2v) is 6.94. The van der Waals surface area contributed by atoms with Gasteiger partial charge in [-0.2, -0.15) is 5.10 Å². The van der Waals surface area contributed by atoms with Crippen LogP contribution in [0.3, 0.4) is 0 Å². The van der Waals surface area contributed by atoms with Crippen LogP contribution in [0.25, 0.3) is 11.0 Å². The van der Waals surface area contributed by atoms with Crippen molar-refractivity contribution < 1.29 is 14.9 Å². The lowest BCUT2D eigenvalue weighted by molar-refractivity contribution is -0.0478. The Kier molecular flexibility index (Phi) is 4.70. The van der Waals surface area contributed by atoms with Crippen molar-refractivity contribution in [2.45, 2.75) is 37.4 Å². The van der Waals surface area contributed by atoms with Gasteiger partial charge in [-0.05, 0) is 17.7 Å². The molecule has 1 fully saturated rings. The number of anilines is 1. The normalized spacial score (nSPS) is 26.4. The van der Waals surface area contributed by atoms with E-state index in [0.717, 1.165) is 5.56 Å². The molecule has 27 heavy (non-hydrogen) atoms. The Labute approximate surface area is 159 Å². The summed E-state index contributed by atoms with van der Waals surface area (Å²) >= 11 is 5.94. The molecule has 10 heteroatoms. The zero-order valence-corrected chi connectivity index (χ0v) is 15.2. The van der Waals surface area contributed by atoms with Gasteiger partial charge in [-0.25, -0.2) is 20.5 Å². The van der Waals surface area contributed by atoms with Crippen LogP contribution in [0.5, 0.6) is 0 Å². The Morgan fingerprint density at radius 2 is 1.96 bits per heavy atom. The molecule has 3 heterocycles. The smallest absolute Gasteiger partial charge is 0.181 e. The Morgan fingerprint density at radius 3 is 2.67 bits per heavy atom. The zero-order chi connectivity index (χ0) is 19.1. The van der Waals surface area contributed by atoms with Crippen molar-refractivity contribution in [1.29, 1.82) is 0 Å². The molecule has 1 aliphatic rings. The van der Waals surface area contributed by atoms with Crippen molar-refractivity contribution >= 4 is 28.5 Å². The van der Waals surface area contributed by atoms with Crippen LogP contribution in [0, 0.1) is 0 Å². The molecular formula is C17H19ClN6O3. The summed E-state index contributed by atoms with van der Waals surface area (Å²) in [6.45, 7) is 1.92. The van der Waals surface area contributed by atoms with Gasteiger partial charge in [-0.1, -0.05) is 30.7 Å². The first-order valence-electron chi connectivity index (χ1n) is 8.43. The van der Waals surface area contributed by atoms with Gasteiger partial charge in [-0.15, -0.1) is 0 Å². The molecule has 0 aliphatic carbocycles. The van der Waals surface area contributed by atoms with Gasteiger partial charge < -0.3 is 20.4 Å². The van der Waals surface area contributed by atoms with Crippen LogP contribution in [0.1, 0.15) is 24.6 Å². The van der Waals surface area contributed by atoms with Crippen LogP contribution >= 0.6 is 11.6 Å². The number of nitrogen functional groups attached to an aromatic ring is 1. The average molecular weight is 391 g/mol. The highest BCUT2D eigenvalue weighted by Gasteiger charge is 2.47. The molecule has 0 radical (unpaired) electrons. The van der Waals surface area contributed by atoms with Gasteiger partial charge in [0.05, 0.1) is 17.7 Å². The minimum Gasteiger partial charge on any atom is -0.387 e. The predicted molar refractivity (Wildman–Crippen MR) is 98.9 cm³/mol. The number of hydrazine groups is 1. The molecule has 0 saturated carbocycles. The largest absolute Gasteiger partial charge is 0.387 e. The summed E-state index contributed by atoms with van der Waals surface area (Å²) in [5, 5.41) is 26.6. The second kappa shape index (κ2) is 7.02. The summed E-state index contributed by atoms with van der Waals surface area (Å²) < 4.78 is 7.44. The summed E-state index contributed by atoms with van der Waals surface area (Å²) in [4.78, 5) is 8.22. The molecule has 2 aromatic heterocycles. The summed E-state index contributed by atoms with van der Waals surface area (Å²) in [5.74, 6) is 5.69. The standard InChI is InChI=1S/C17H19ClN6O3/c1-8(9-2-4-10(18)5-3-9)14-12(25)13(26)17(27-14)24-16-11(6-22-24)15(23-19)20-7-21-16/h2-8,12-14,17,25-26H,19H2,1H3,(H,20,21,23)/t8?,12-,13+,14+,17+/m0/s1. The third-order valence-corrected chi connectivity index (χ3v) is 5.18. The molecule has 1 unspecified atom stereocenters. The lowest BCUT2D eigenvalue weighted by Crippen LogP contribution is -2.34. The number of rotatable bonds is 4. The zero-order valence-electron chi connectivity index (χ0n) is 14.4. The van der Waals surface area contributed by atoms with E-state index in [4.69, 9.17) is 22.2 Å².